The van der Waals surface area contributed by atoms with Crippen LogP contribution in [0.3, 0.4) is 0 Å². The fraction of sp³-hybridized carbons (Fsp3) is 0.528. The maximum atomic E-state index is 12.7. The monoisotopic (exact) mass is 530 g/mol. The third-order valence-electron chi connectivity index (χ3n) is 8.05. The molecule has 1 atom stereocenters. The molecule has 0 heterocycles. The van der Waals surface area contributed by atoms with Gasteiger partial charge in [0.05, 0.1) is 5.75 Å². The highest BCUT2D eigenvalue weighted by molar-refractivity contribution is 7.81. The summed E-state index contributed by atoms with van der Waals surface area (Å²) >= 11 is 4.29. The number of benzene rings is 3. The van der Waals surface area contributed by atoms with E-state index in [0.717, 1.165) is 17.5 Å². The molecule has 0 amide bonds. The van der Waals surface area contributed by atoms with Crippen molar-refractivity contribution >= 4 is 29.2 Å². The fourth-order valence-corrected chi connectivity index (χ4v) is 5.96. The number of carbonyl (C=O) groups excluding carboxylic acids is 1. The smallest absolute Gasteiger partial charge is 0.172 e. The molecule has 0 radical (unpaired) electrons. The Morgan fingerprint density at radius 2 is 1.16 bits per heavy atom. The Morgan fingerprint density at radius 3 is 1.76 bits per heavy atom. The van der Waals surface area contributed by atoms with Crippen LogP contribution < -0.4 is 0 Å². The SMILES string of the molecule is CCCCCCCCCCCCCCCCCC(c1ccc2ccccc2c1)c1ccccc1C(=O)CS. The average molecular weight is 531 g/mol. The molecule has 0 aromatic heterocycles. The zero-order valence-corrected chi connectivity index (χ0v) is 24.7. The fourth-order valence-electron chi connectivity index (χ4n) is 5.79. The Bertz CT molecular complexity index is 1070. The molecule has 3 rings (SSSR count). The Morgan fingerprint density at radius 1 is 0.632 bits per heavy atom. The summed E-state index contributed by atoms with van der Waals surface area (Å²) in [6, 6.07) is 23.6. The molecule has 0 aliphatic rings. The first kappa shape index (κ1) is 30.5. The third kappa shape index (κ3) is 10.3. The van der Waals surface area contributed by atoms with Gasteiger partial charge in [-0.3, -0.25) is 4.79 Å². The largest absolute Gasteiger partial charge is 0.293 e. The average Bonchev–Trinajstić information content (AvgIpc) is 2.96. The van der Waals surface area contributed by atoms with Crippen LogP contribution in [0, 0.1) is 0 Å². The van der Waals surface area contributed by atoms with E-state index in [0.29, 0.717) is 0 Å². The number of unbranched alkanes of at least 4 members (excludes halogenated alkanes) is 14. The van der Waals surface area contributed by atoms with Crippen molar-refractivity contribution in [2.45, 2.75) is 116 Å². The van der Waals surface area contributed by atoms with Crippen molar-refractivity contribution in [1.82, 2.24) is 0 Å². The van der Waals surface area contributed by atoms with Crippen LogP contribution in [0.1, 0.15) is 137 Å². The summed E-state index contributed by atoms with van der Waals surface area (Å²) < 4.78 is 0. The Balaban J connectivity index is 1.45. The Labute approximate surface area is 238 Å². The minimum atomic E-state index is 0.117. The van der Waals surface area contributed by atoms with Crippen LogP contribution in [-0.2, 0) is 0 Å². The summed E-state index contributed by atoms with van der Waals surface area (Å²) in [5, 5.41) is 2.53. The highest BCUT2D eigenvalue weighted by atomic mass is 32.1. The van der Waals surface area contributed by atoms with E-state index in [2.05, 4.69) is 74.1 Å². The molecule has 0 fully saturated rings. The van der Waals surface area contributed by atoms with Crippen LogP contribution in [0.25, 0.3) is 10.8 Å². The number of thiol groups is 1. The Kier molecular flexibility index (Phi) is 14.7. The maximum Gasteiger partial charge on any atom is 0.172 e. The van der Waals surface area contributed by atoms with Gasteiger partial charge < -0.3 is 0 Å². The molecule has 0 spiro atoms. The van der Waals surface area contributed by atoms with Crippen molar-refractivity contribution in [1.29, 1.82) is 0 Å². The van der Waals surface area contributed by atoms with E-state index in [4.69, 9.17) is 0 Å². The molecule has 1 nitrogen and oxygen atoms in total. The van der Waals surface area contributed by atoms with Crippen LogP contribution in [-0.4, -0.2) is 11.5 Å². The van der Waals surface area contributed by atoms with Gasteiger partial charge in [-0.05, 0) is 28.3 Å². The quantitative estimate of drug-likeness (QED) is 0.0873. The maximum absolute atomic E-state index is 12.7. The Hall–Kier alpha value is -2.06. The van der Waals surface area contributed by atoms with E-state index in [1.165, 1.54) is 113 Å². The lowest BCUT2D eigenvalue weighted by molar-refractivity contribution is 0.102. The molecule has 0 saturated carbocycles. The van der Waals surface area contributed by atoms with E-state index in [1.807, 2.05) is 12.1 Å². The molecule has 0 N–H and O–H groups in total. The van der Waals surface area contributed by atoms with Crippen LogP contribution in [0.4, 0.5) is 0 Å². The zero-order valence-electron chi connectivity index (χ0n) is 23.8. The van der Waals surface area contributed by atoms with Crippen molar-refractivity contribution in [3.63, 3.8) is 0 Å². The van der Waals surface area contributed by atoms with Gasteiger partial charge in [0.15, 0.2) is 5.78 Å². The predicted octanol–water partition coefficient (Wildman–Crippen LogP) is 11.3. The van der Waals surface area contributed by atoms with E-state index in [1.54, 1.807) is 0 Å². The molecule has 3 aromatic carbocycles. The summed E-state index contributed by atoms with van der Waals surface area (Å²) in [7, 11) is 0. The number of hydrogen-bond donors (Lipinski definition) is 1. The molecular weight excluding hydrogens is 480 g/mol. The molecule has 0 aliphatic carbocycles. The van der Waals surface area contributed by atoms with Gasteiger partial charge in [0.2, 0.25) is 0 Å². The first-order valence-corrected chi connectivity index (χ1v) is 16.1. The summed E-state index contributed by atoms with van der Waals surface area (Å²) in [4.78, 5) is 12.7. The van der Waals surface area contributed by atoms with Crippen molar-refractivity contribution in [3.8, 4) is 0 Å². The van der Waals surface area contributed by atoms with Gasteiger partial charge >= 0.3 is 0 Å². The molecule has 0 saturated heterocycles. The van der Waals surface area contributed by atoms with Crippen molar-refractivity contribution < 1.29 is 4.79 Å². The second kappa shape index (κ2) is 18.3. The first-order chi connectivity index (χ1) is 18.7. The predicted molar refractivity (Wildman–Crippen MR) is 170 cm³/mol. The lowest BCUT2D eigenvalue weighted by Crippen LogP contribution is -2.10. The van der Waals surface area contributed by atoms with Crippen molar-refractivity contribution in [2.75, 3.05) is 5.75 Å². The van der Waals surface area contributed by atoms with E-state index in [-0.39, 0.29) is 17.5 Å². The number of carbonyl (C=O) groups is 1. The highest BCUT2D eigenvalue weighted by Gasteiger charge is 2.20. The van der Waals surface area contributed by atoms with Gasteiger partial charge in [0.1, 0.15) is 0 Å². The summed E-state index contributed by atoms with van der Waals surface area (Å²) in [6.45, 7) is 2.29. The van der Waals surface area contributed by atoms with Gasteiger partial charge in [-0.15, -0.1) is 0 Å². The van der Waals surface area contributed by atoms with Crippen molar-refractivity contribution in [3.05, 3.63) is 83.4 Å². The molecular formula is C36H50OS. The standard InChI is InChI=1S/C36H50OS/c1-2-3-4-5-6-7-8-9-10-11-12-13-14-15-16-23-33(34-24-19-20-25-35(34)36(37)29-38)32-27-26-30-21-17-18-22-31(30)28-32/h17-22,24-28,33,38H,2-16,23,29H2,1H3. The topological polar surface area (TPSA) is 17.1 Å². The molecule has 1 unspecified atom stereocenters. The number of ketones is 1. The molecule has 2 heteroatoms. The van der Waals surface area contributed by atoms with Crippen LogP contribution >= 0.6 is 12.6 Å². The minimum absolute atomic E-state index is 0.117. The molecule has 0 aliphatic heterocycles. The summed E-state index contributed by atoms with van der Waals surface area (Å²) in [5.74, 6) is 0.605. The van der Waals surface area contributed by atoms with Gasteiger partial charge in [-0.1, -0.05) is 170 Å². The number of rotatable bonds is 20. The normalized spacial score (nSPS) is 12.2. The number of hydrogen-bond acceptors (Lipinski definition) is 2. The lowest BCUT2D eigenvalue weighted by atomic mass is 9.83. The molecule has 0 bridgehead atoms. The summed E-state index contributed by atoms with van der Waals surface area (Å²) in [6.07, 6.45) is 21.7. The van der Waals surface area contributed by atoms with Crippen LogP contribution in [0.2, 0.25) is 0 Å². The summed E-state index contributed by atoms with van der Waals surface area (Å²) in [5.41, 5.74) is 3.31. The van der Waals surface area contributed by atoms with Crippen LogP contribution in [0.15, 0.2) is 66.7 Å². The lowest BCUT2D eigenvalue weighted by Gasteiger charge is -2.21. The third-order valence-corrected chi connectivity index (χ3v) is 8.34. The minimum Gasteiger partial charge on any atom is -0.293 e. The number of fused-ring (bicyclic) bond motifs is 1. The van der Waals surface area contributed by atoms with Crippen molar-refractivity contribution in [2.24, 2.45) is 0 Å². The van der Waals surface area contributed by atoms with Crippen LogP contribution in [0.5, 0.6) is 0 Å². The number of Topliss-reactive ketones (excluding diaryl/α,β-unsaturated/α-hetero) is 1. The van der Waals surface area contributed by atoms with Gasteiger partial charge in [-0.2, -0.15) is 12.6 Å². The molecule has 38 heavy (non-hydrogen) atoms. The van der Waals surface area contributed by atoms with Gasteiger partial charge in [0.25, 0.3) is 0 Å². The molecule has 3 aromatic rings. The van der Waals surface area contributed by atoms with E-state index >= 15 is 0 Å². The highest BCUT2D eigenvalue weighted by Crippen LogP contribution is 2.34. The van der Waals surface area contributed by atoms with Gasteiger partial charge in [-0.25, -0.2) is 0 Å². The first-order valence-electron chi connectivity index (χ1n) is 15.5. The van der Waals surface area contributed by atoms with Gasteiger partial charge in [0, 0.05) is 11.5 Å². The second-order valence-electron chi connectivity index (χ2n) is 11.1. The van der Waals surface area contributed by atoms with E-state index in [9.17, 15) is 4.79 Å². The zero-order chi connectivity index (χ0) is 26.8. The van der Waals surface area contributed by atoms with E-state index < -0.39 is 0 Å². The second-order valence-corrected chi connectivity index (χ2v) is 11.4. The molecule has 206 valence electrons.